The molecule has 0 spiro atoms. The van der Waals surface area contributed by atoms with Crippen LogP contribution in [0.5, 0.6) is 0 Å². The third kappa shape index (κ3) is 7.43. The van der Waals surface area contributed by atoms with Gasteiger partial charge in [0.2, 0.25) is 0 Å². The Bertz CT molecular complexity index is 3210. The fourth-order valence-corrected chi connectivity index (χ4v) is 8.73. The maximum absolute atomic E-state index is 6.20. The SMILES string of the molecule is c1ccc(-c2ccc(N(c3ccc(-c4ccccc4)cc3)c3ccc(-c4ccc(N(c5ccccc5)c5ccc6oc7ccccc7c6c5)cc4)cc3-c3ccccc3)cc2)cc1. The van der Waals surface area contributed by atoms with Gasteiger partial charge in [0.05, 0.1) is 5.69 Å². The molecule has 3 heteroatoms. The molecule has 1 aromatic heterocycles. The fourth-order valence-electron chi connectivity index (χ4n) is 8.73. The molecule has 0 radical (unpaired) electrons. The highest BCUT2D eigenvalue weighted by atomic mass is 16.3. The summed E-state index contributed by atoms with van der Waals surface area (Å²) in [7, 11) is 0. The molecule has 63 heavy (non-hydrogen) atoms. The Morgan fingerprint density at radius 3 is 1.21 bits per heavy atom. The molecule has 10 aromatic carbocycles. The van der Waals surface area contributed by atoms with Crippen LogP contribution in [-0.4, -0.2) is 0 Å². The van der Waals surface area contributed by atoms with Crippen molar-refractivity contribution in [3.63, 3.8) is 0 Å². The predicted octanol–water partition coefficient (Wildman–Crippen LogP) is 17.2. The van der Waals surface area contributed by atoms with Crippen molar-refractivity contribution >= 4 is 56.1 Å². The molecule has 0 atom stereocenters. The first-order chi connectivity index (χ1) is 31.2. The highest BCUT2D eigenvalue weighted by molar-refractivity contribution is 6.06. The summed E-state index contributed by atoms with van der Waals surface area (Å²) >= 11 is 0. The molecule has 11 aromatic rings. The zero-order valence-corrected chi connectivity index (χ0v) is 34.6. The van der Waals surface area contributed by atoms with Crippen molar-refractivity contribution in [3.05, 3.63) is 255 Å². The molecule has 0 N–H and O–H groups in total. The van der Waals surface area contributed by atoms with E-state index in [-0.39, 0.29) is 0 Å². The summed E-state index contributed by atoms with van der Waals surface area (Å²) in [6.45, 7) is 0. The number of nitrogens with zero attached hydrogens (tertiary/aromatic N) is 2. The first-order valence-electron chi connectivity index (χ1n) is 21.4. The smallest absolute Gasteiger partial charge is 0.135 e. The van der Waals surface area contributed by atoms with Gasteiger partial charge in [0.1, 0.15) is 11.2 Å². The van der Waals surface area contributed by atoms with E-state index in [0.29, 0.717) is 0 Å². The molecule has 0 bridgehead atoms. The lowest BCUT2D eigenvalue weighted by Crippen LogP contribution is -2.11. The third-order valence-electron chi connectivity index (χ3n) is 11.9. The monoisotopic (exact) mass is 806 g/mol. The zero-order chi connectivity index (χ0) is 42.0. The summed E-state index contributed by atoms with van der Waals surface area (Å²) in [5, 5.41) is 2.21. The lowest BCUT2D eigenvalue weighted by atomic mass is 9.95. The number of fused-ring (bicyclic) bond motifs is 3. The second-order valence-corrected chi connectivity index (χ2v) is 15.8. The van der Waals surface area contributed by atoms with Crippen molar-refractivity contribution < 1.29 is 4.42 Å². The summed E-state index contributed by atoms with van der Waals surface area (Å²) in [6.07, 6.45) is 0. The Labute approximate surface area is 368 Å². The van der Waals surface area contributed by atoms with Gasteiger partial charge in [-0.15, -0.1) is 0 Å². The van der Waals surface area contributed by atoms with E-state index in [1.165, 1.54) is 22.3 Å². The lowest BCUT2D eigenvalue weighted by Gasteiger charge is -2.29. The summed E-state index contributed by atoms with van der Waals surface area (Å²) in [6, 6.07) is 90.8. The Balaban J connectivity index is 1.00. The minimum absolute atomic E-state index is 0.882. The second-order valence-electron chi connectivity index (χ2n) is 15.8. The van der Waals surface area contributed by atoms with E-state index in [1.807, 2.05) is 12.1 Å². The van der Waals surface area contributed by atoms with Gasteiger partial charge in [-0.05, 0) is 124 Å². The number of hydrogen-bond acceptors (Lipinski definition) is 3. The highest BCUT2D eigenvalue weighted by Gasteiger charge is 2.20. The van der Waals surface area contributed by atoms with Gasteiger partial charge in [-0.25, -0.2) is 0 Å². The Hall–Kier alpha value is -8.40. The van der Waals surface area contributed by atoms with Gasteiger partial charge in [-0.2, -0.15) is 0 Å². The van der Waals surface area contributed by atoms with E-state index in [1.54, 1.807) is 0 Å². The van der Waals surface area contributed by atoms with E-state index in [0.717, 1.165) is 78.3 Å². The van der Waals surface area contributed by atoms with Crippen LogP contribution in [0, 0.1) is 0 Å². The molecular weight excluding hydrogens is 765 g/mol. The summed E-state index contributed by atoms with van der Waals surface area (Å²) < 4.78 is 6.20. The van der Waals surface area contributed by atoms with E-state index in [4.69, 9.17) is 4.42 Å². The average molecular weight is 807 g/mol. The molecule has 0 amide bonds. The number of furan rings is 1. The number of para-hydroxylation sites is 2. The Kier molecular flexibility index (Phi) is 9.89. The van der Waals surface area contributed by atoms with Gasteiger partial charge in [-0.3, -0.25) is 0 Å². The first kappa shape index (κ1) is 37.6. The van der Waals surface area contributed by atoms with Crippen molar-refractivity contribution in [2.75, 3.05) is 9.80 Å². The fraction of sp³-hybridized carbons (Fsp3) is 0. The van der Waals surface area contributed by atoms with E-state index in [9.17, 15) is 0 Å². The second kappa shape index (κ2) is 16.6. The van der Waals surface area contributed by atoms with Crippen molar-refractivity contribution in [1.82, 2.24) is 0 Å². The number of hydrogen-bond donors (Lipinski definition) is 0. The van der Waals surface area contributed by atoms with E-state index in [2.05, 4.69) is 252 Å². The molecular formula is C60H42N2O. The summed E-state index contributed by atoms with van der Waals surface area (Å²) in [5.74, 6) is 0. The third-order valence-corrected chi connectivity index (χ3v) is 11.9. The number of rotatable bonds is 10. The van der Waals surface area contributed by atoms with Crippen LogP contribution in [0.25, 0.3) is 66.4 Å². The molecule has 0 saturated carbocycles. The summed E-state index contributed by atoms with van der Waals surface area (Å²) in [5.41, 5.74) is 17.6. The summed E-state index contributed by atoms with van der Waals surface area (Å²) in [4.78, 5) is 4.70. The molecule has 3 nitrogen and oxygen atoms in total. The number of benzene rings is 10. The van der Waals surface area contributed by atoms with Gasteiger partial charge in [0.15, 0.2) is 0 Å². The van der Waals surface area contributed by atoms with Crippen molar-refractivity contribution in [2.24, 2.45) is 0 Å². The standard InChI is InChI=1S/C60H42N2O/c1-5-15-43(16-6-1)45-25-34-52(35-26-45)62(53-36-27-46(28-37-53)44-17-7-2-8-18-44)58-39-31-49(41-56(58)48-19-9-3-10-20-48)47-29-32-51(33-30-47)61(50-21-11-4-12-22-50)54-38-40-60-57(42-54)55-23-13-14-24-59(55)63-60/h1-42H. The molecule has 298 valence electrons. The largest absolute Gasteiger partial charge is 0.456 e. The van der Waals surface area contributed by atoms with Crippen molar-refractivity contribution in [3.8, 4) is 44.5 Å². The quantitative estimate of drug-likeness (QED) is 0.137. The molecule has 0 fully saturated rings. The molecule has 0 aliphatic rings. The van der Waals surface area contributed by atoms with Gasteiger partial charge in [-0.1, -0.05) is 170 Å². The first-order valence-corrected chi connectivity index (χ1v) is 21.4. The zero-order valence-electron chi connectivity index (χ0n) is 34.6. The molecule has 1 heterocycles. The van der Waals surface area contributed by atoms with Gasteiger partial charge < -0.3 is 14.2 Å². The van der Waals surface area contributed by atoms with Gasteiger partial charge in [0.25, 0.3) is 0 Å². The van der Waals surface area contributed by atoms with E-state index < -0.39 is 0 Å². The van der Waals surface area contributed by atoms with Crippen LogP contribution >= 0.6 is 0 Å². The molecule has 0 aliphatic heterocycles. The van der Waals surface area contributed by atoms with Crippen molar-refractivity contribution in [2.45, 2.75) is 0 Å². The van der Waals surface area contributed by atoms with Gasteiger partial charge in [0, 0.05) is 44.8 Å². The maximum Gasteiger partial charge on any atom is 0.135 e. The van der Waals surface area contributed by atoms with Crippen LogP contribution in [0.3, 0.4) is 0 Å². The van der Waals surface area contributed by atoms with Gasteiger partial charge >= 0.3 is 0 Å². The van der Waals surface area contributed by atoms with Crippen LogP contribution in [0.15, 0.2) is 259 Å². The van der Waals surface area contributed by atoms with Crippen LogP contribution < -0.4 is 9.80 Å². The lowest BCUT2D eigenvalue weighted by molar-refractivity contribution is 0.669. The normalized spacial score (nSPS) is 11.2. The highest BCUT2D eigenvalue weighted by Crippen LogP contribution is 2.44. The molecule has 0 saturated heterocycles. The predicted molar refractivity (Wildman–Crippen MR) is 265 cm³/mol. The van der Waals surface area contributed by atoms with Crippen LogP contribution in [0.2, 0.25) is 0 Å². The average Bonchev–Trinajstić information content (AvgIpc) is 3.74. The molecule has 11 rings (SSSR count). The minimum Gasteiger partial charge on any atom is -0.456 e. The molecule has 0 unspecified atom stereocenters. The minimum atomic E-state index is 0.882. The Morgan fingerprint density at radius 2 is 0.635 bits per heavy atom. The Morgan fingerprint density at radius 1 is 0.238 bits per heavy atom. The maximum atomic E-state index is 6.20. The topological polar surface area (TPSA) is 19.6 Å². The number of anilines is 6. The van der Waals surface area contributed by atoms with E-state index >= 15 is 0 Å². The van der Waals surface area contributed by atoms with Crippen LogP contribution in [-0.2, 0) is 0 Å². The molecule has 0 aliphatic carbocycles. The van der Waals surface area contributed by atoms with Crippen LogP contribution in [0.4, 0.5) is 34.1 Å². The van der Waals surface area contributed by atoms with Crippen molar-refractivity contribution in [1.29, 1.82) is 0 Å². The van der Waals surface area contributed by atoms with Crippen LogP contribution in [0.1, 0.15) is 0 Å².